The molecule has 2 saturated carbocycles. The van der Waals surface area contributed by atoms with Crippen LogP contribution in [-0.4, -0.2) is 65.8 Å². The van der Waals surface area contributed by atoms with Crippen LogP contribution in [0.15, 0.2) is 48.6 Å². The Morgan fingerprint density at radius 2 is 1.85 bits per heavy atom. The van der Waals surface area contributed by atoms with Gasteiger partial charge in [-0.1, -0.05) is 43.2 Å². The number of aryl methyl sites for hydroxylation is 1. The number of nitrogens with one attached hydrogen (secondary N) is 1. The van der Waals surface area contributed by atoms with E-state index in [1.165, 1.54) is 28.0 Å². The Labute approximate surface area is 303 Å². The molecule has 0 spiro atoms. The smallest absolute Gasteiger partial charge is 0.410 e. The fraction of sp³-hybridized carbons (Fsp3) is 0.538. The van der Waals surface area contributed by atoms with Crippen LogP contribution in [0.5, 0.6) is 0 Å². The van der Waals surface area contributed by atoms with E-state index in [1.54, 1.807) is 19.1 Å². The van der Waals surface area contributed by atoms with Crippen LogP contribution in [-0.2, 0) is 48.7 Å². The maximum atomic E-state index is 14.5. The van der Waals surface area contributed by atoms with Crippen molar-refractivity contribution in [2.45, 2.75) is 108 Å². The van der Waals surface area contributed by atoms with Crippen molar-refractivity contribution in [2.75, 3.05) is 6.54 Å². The lowest BCUT2D eigenvalue weighted by atomic mass is 9.89. The minimum atomic E-state index is -3.86. The first-order valence-corrected chi connectivity index (χ1v) is 19.9. The summed E-state index contributed by atoms with van der Waals surface area (Å²) >= 11 is 0. The second-order valence-corrected chi connectivity index (χ2v) is 17.3. The zero-order valence-electron chi connectivity index (χ0n) is 29.3. The Morgan fingerprint density at radius 3 is 2.60 bits per heavy atom. The van der Waals surface area contributed by atoms with Crippen LogP contribution in [0.4, 0.5) is 13.6 Å². The molecule has 278 valence electrons. The number of carbonyl (C=O) groups is 4. The minimum absolute atomic E-state index is 0.00413. The standard InChI is InChI=1S/C39H45F2N3O7S/c1-24-14-25(17-29(40)15-24)16-26-8-5-3-2-4-6-10-28-19-39(28,37(47)42-52(49,50)31-12-13-31)20-35(45)34-18-30(22-44(34)36(26)46)51-38(48)43-21-27-9-7-11-33(41)32(27)23-43/h6-7,9-11,14-15,17,26,28,30-31,34H,2-5,8,12-13,16,18-23H2,1H3,(H,42,47)/b10-6-/t26-,28+,30-,34+,39-/m1/s1. The van der Waals surface area contributed by atoms with E-state index in [9.17, 15) is 36.4 Å². The van der Waals surface area contributed by atoms with Gasteiger partial charge in [0, 0.05) is 30.9 Å². The summed E-state index contributed by atoms with van der Waals surface area (Å²) in [6.07, 6.45) is 7.20. The first-order chi connectivity index (χ1) is 24.8. The summed E-state index contributed by atoms with van der Waals surface area (Å²) in [5.41, 5.74) is 1.21. The number of allylic oxidation sites excluding steroid dienone is 2. The third-order valence-electron chi connectivity index (χ3n) is 11.4. The van der Waals surface area contributed by atoms with Gasteiger partial charge in [0.05, 0.1) is 29.8 Å². The minimum Gasteiger partial charge on any atom is -0.444 e. The van der Waals surface area contributed by atoms with Crippen LogP contribution in [0.25, 0.3) is 0 Å². The topological polar surface area (TPSA) is 130 Å². The summed E-state index contributed by atoms with van der Waals surface area (Å²) in [6.45, 7) is 1.92. The quantitative estimate of drug-likeness (QED) is 0.380. The molecule has 1 saturated heterocycles. The van der Waals surface area contributed by atoms with Crippen molar-refractivity contribution in [3.05, 3.63) is 82.4 Å². The molecule has 2 aromatic rings. The number of ketones is 1. The molecule has 3 amide bonds. The molecule has 1 N–H and O–H groups in total. The van der Waals surface area contributed by atoms with E-state index in [1.807, 2.05) is 18.2 Å². The maximum absolute atomic E-state index is 14.5. The van der Waals surface area contributed by atoms with Crippen molar-refractivity contribution in [2.24, 2.45) is 17.3 Å². The number of benzene rings is 2. The van der Waals surface area contributed by atoms with Gasteiger partial charge in [0.25, 0.3) is 0 Å². The predicted molar refractivity (Wildman–Crippen MR) is 187 cm³/mol. The summed E-state index contributed by atoms with van der Waals surface area (Å²) in [4.78, 5) is 58.9. The lowest BCUT2D eigenvalue weighted by molar-refractivity contribution is -0.142. The first-order valence-electron chi connectivity index (χ1n) is 18.4. The molecule has 52 heavy (non-hydrogen) atoms. The Hall–Kier alpha value is -4.13. The molecule has 0 unspecified atom stereocenters. The highest BCUT2D eigenvalue weighted by Crippen LogP contribution is 2.57. The molecule has 10 nitrogen and oxygen atoms in total. The van der Waals surface area contributed by atoms with Crippen LogP contribution >= 0.6 is 0 Å². The number of sulfonamides is 1. The van der Waals surface area contributed by atoms with Crippen molar-refractivity contribution >= 4 is 33.7 Å². The highest BCUT2D eigenvalue weighted by Gasteiger charge is 2.61. The van der Waals surface area contributed by atoms with Gasteiger partial charge >= 0.3 is 6.09 Å². The van der Waals surface area contributed by atoms with Gasteiger partial charge in [0.1, 0.15) is 17.7 Å². The molecule has 0 bridgehead atoms. The molecular weight excluding hydrogens is 693 g/mol. The van der Waals surface area contributed by atoms with E-state index in [-0.39, 0.29) is 50.7 Å². The van der Waals surface area contributed by atoms with Gasteiger partial charge in [-0.3, -0.25) is 24.0 Å². The third-order valence-corrected chi connectivity index (χ3v) is 13.2. The van der Waals surface area contributed by atoms with Gasteiger partial charge in [-0.05, 0) is 92.7 Å². The number of fused-ring (bicyclic) bond motifs is 3. The number of nitrogens with zero attached hydrogens (tertiary/aromatic N) is 2. The fourth-order valence-electron chi connectivity index (χ4n) is 8.26. The second-order valence-electron chi connectivity index (χ2n) is 15.4. The molecule has 5 atom stereocenters. The number of hydrogen-bond acceptors (Lipinski definition) is 7. The first kappa shape index (κ1) is 36.2. The van der Waals surface area contributed by atoms with Crippen LogP contribution < -0.4 is 4.72 Å². The van der Waals surface area contributed by atoms with Crippen LogP contribution in [0.1, 0.15) is 86.5 Å². The molecule has 2 aliphatic carbocycles. The summed E-state index contributed by atoms with van der Waals surface area (Å²) in [5.74, 6) is -3.16. The van der Waals surface area contributed by atoms with E-state index in [2.05, 4.69) is 4.72 Å². The van der Waals surface area contributed by atoms with E-state index in [4.69, 9.17) is 4.74 Å². The van der Waals surface area contributed by atoms with Crippen molar-refractivity contribution in [3.8, 4) is 0 Å². The molecule has 3 fully saturated rings. The van der Waals surface area contributed by atoms with E-state index >= 15 is 0 Å². The molecule has 3 aliphatic heterocycles. The average Bonchev–Trinajstić information content (AvgIpc) is 3.97. The zero-order chi connectivity index (χ0) is 36.8. The Bertz CT molecular complexity index is 1890. The van der Waals surface area contributed by atoms with Gasteiger partial charge in [0.2, 0.25) is 21.8 Å². The second kappa shape index (κ2) is 14.4. The highest BCUT2D eigenvalue weighted by molar-refractivity contribution is 7.90. The van der Waals surface area contributed by atoms with E-state index in [0.29, 0.717) is 42.4 Å². The molecule has 0 aromatic heterocycles. The average molecular weight is 738 g/mol. The van der Waals surface area contributed by atoms with Crippen LogP contribution in [0, 0.1) is 35.8 Å². The van der Waals surface area contributed by atoms with Crippen LogP contribution in [0.3, 0.4) is 0 Å². The lowest BCUT2D eigenvalue weighted by Crippen LogP contribution is -2.46. The Balaban J connectivity index is 1.16. The summed E-state index contributed by atoms with van der Waals surface area (Å²) in [7, 11) is -3.86. The number of hydrogen-bond donors (Lipinski definition) is 1. The number of halogens is 2. The highest BCUT2D eigenvalue weighted by atomic mass is 32.2. The number of carbonyl (C=O) groups excluding carboxylic acids is 4. The summed E-state index contributed by atoms with van der Waals surface area (Å²) in [5, 5.41) is -0.615. The molecule has 3 heterocycles. The van der Waals surface area contributed by atoms with E-state index < -0.39 is 68.2 Å². The van der Waals surface area contributed by atoms with Crippen molar-refractivity contribution < 1.29 is 41.1 Å². The molecule has 13 heteroatoms. The number of amides is 3. The van der Waals surface area contributed by atoms with Gasteiger partial charge in [-0.2, -0.15) is 0 Å². The maximum Gasteiger partial charge on any atom is 0.410 e. The van der Waals surface area contributed by atoms with Crippen molar-refractivity contribution in [3.63, 3.8) is 0 Å². The van der Waals surface area contributed by atoms with Gasteiger partial charge in [-0.15, -0.1) is 0 Å². The van der Waals surface area contributed by atoms with Gasteiger partial charge in [0.15, 0.2) is 5.78 Å². The zero-order valence-corrected chi connectivity index (χ0v) is 30.1. The molecule has 5 aliphatic rings. The fourth-order valence-corrected chi connectivity index (χ4v) is 9.65. The van der Waals surface area contributed by atoms with Gasteiger partial charge in [-0.25, -0.2) is 22.0 Å². The summed E-state index contributed by atoms with van der Waals surface area (Å²) in [6, 6.07) is 8.31. The van der Waals surface area contributed by atoms with Crippen molar-refractivity contribution in [1.82, 2.24) is 14.5 Å². The van der Waals surface area contributed by atoms with E-state index in [0.717, 1.165) is 31.2 Å². The molecule has 0 radical (unpaired) electrons. The molecular formula is C39H45F2N3O7S. The summed E-state index contributed by atoms with van der Waals surface area (Å²) < 4.78 is 62.6. The normalized spacial score (nSPS) is 28.6. The number of ether oxygens (including phenoxy) is 1. The third kappa shape index (κ3) is 7.65. The Kier molecular flexibility index (Phi) is 10.0. The number of Topliss-reactive ketones (excluding diaryl/α,β-unsaturated/α-hetero) is 1. The monoisotopic (exact) mass is 737 g/mol. The largest absolute Gasteiger partial charge is 0.444 e. The van der Waals surface area contributed by atoms with Gasteiger partial charge < -0.3 is 9.64 Å². The van der Waals surface area contributed by atoms with Crippen molar-refractivity contribution in [1.29, 1.82) is 0 Å². The molecule has 7 rings (SSSR count). The van der Waals surface area contributed by atoms with Crippen LogP contribution in [0.2, 0.25) is 0 Å². The predicted octanol–water partition coefficient (Wildman–Crippen LogP) is 5.65. The SMILES string of the molecule is Cc1cc(F)cc(C[C@H]2CCCCC/C=C\[C@H]3C[C@@]3(C(=O)NS(=O)(=O)C3CC3)CC(=O)[C@@H]3C[C@@H](OC(=O)N4Cc5cccc(F)c5C4)CN3C2=O)c1. The number of rotatable bonds is 6. The lowest BCUT2D eigenvalue weighted by Gasteiger charge is -2.29. The molecule has 2 aromatic carbocycles. The Morgan fingerprint density at radius 1 is 1.04 bits per heavy atom.